The minimum atomic E-state index is 0.547. The Labute approximate surface area is 75.1 Å². The molecule has 0 N–H and O–H groups in total. The standard InChI is InChI=1S/C11H17N/c1-2-10-7-8-12(9-10)11-5-3-4-6-11/h1,10-11H,3-9H2/t10-/m1/s1. The first-order valence-corrected chi connectivity index (χ1v) is 5.10. The van der Waals surface area contributed by atoms with Gasteiger partial charge in [-0.1, -0.05) is 12.8 Å². The summed E-state index contributed by atoms with van der Waals surface area (Å²) in [5.74, 6) is 3.42. The Hall–Kier alpha value is -0.480. The molecule has 2 fully saturated rings. The molecule has 0 spiro atoms. The van der Waals surface area contributed by atoms with E-state index in [9.17, 15) is 0 Å². The second-order valence-corrected chi connectivity index (χ2v) is 4.09. The Morgan fingerprint density at radius 2 is 1.92 bits per heavy atom. The summed E-state index contributed by atoms with van der Waals surface area (Å²) in [6, 6.07) is 0.878. The molecule has 0 aromatic heterocycles. The summed E-state index contributed by atoms with van der Waals surface area (Å²) in [5, 5.41) is 0. The first-order valence-electron chi connectivity index (χ1n) is 5.10. The predicted octanol–water partition coefficient (Wildman–Crippen LogP) is 1.88. The summed E-state index contributed by atoms with van der Waals surface area (Å²) in [6.45, 7) is 2.42. The minimum Gasteiger partial charge on any atom is -0.299 e. The van der Waals surface area contributed by atoms with Crippen LogP contribution >= 0.6 is 0 Å². The third kappa shape index (κ3) is 1.49. The maximum Gasteiger partial charge on any atom is 0.0339 e. The van der Waals surface area contributed by atoms with Crippen LogP contribution in [0.3, 0.4) is 0 Å². The molecule has 2 rings (SSSR count). The zero-order valence-electron chi connectivity index (χ0n) is 7.63. The Balaban J connectivity index is 1.86. The first-order chi connectivity index (χ1) is 5.90. The highest BCUT2D eigenvalue weighted by molar-refractivity contribution is 4.99. The molecule has 1 heterocycles. The molecule has 0 radical (unpaired) electrons. The molecule has 1 saturated carbocycles. The zero-order chi connectivity index (χ0) is 8.39. The van der Waals surface area contributed by atoms with Crippen LogP contribution in [0.5, 0.6) is 0 Å². The van der Waals surface area contributed by atoms with Crippen LogP contribution in [-0.2, 0) is 0 Å². The van der Waals surface area contributed by atoms with Crippen molar-refractivity contribution in [1.29, 1.82) is 0 Å². The summed E-state index contributed by atoms with van der Waals surface area (Å²) in [7, 11) is 0. The largest absolute Gasteiger partial charge is 0.299 e. The summed E-state index contributed by atoms with van der Waals surface area (Å²) < 4.78 is 0. The van der Waals surface area contributed by atoms with Crippen molar-refractivity contribution in [3.05, 3.63) is 0 Å². The molecule has 1 aliphatic carbocycles. The molecule has 0 aromatic rings. The molecule has 0 amide bonds. The van der Waals surface area contributed by atoms with Crippen LogP contribution in [0.1, 0.15) is 32.1 Å². The fraction of sp³-hybridized carbons (Fsp3) is 0.818. The minimum absolute atomic E-state index is 0.547. The van der Waals surface area contributed by atoms with Gasteiger partial charge in [0.15, 0.2) is 0 Å². The van der Waals surface area contributed by atoms with Gasteiger partial charge < -0.3 is 0 Å². The van der Waals surface area contributed by atoms with Crippen LogP contribution in [0.15, 0.2) is 0 Å². The lowest BCUT2D eigenvalue weighted by molar-refractivity contribution is 0.242. The highest BCUT2D eigenvalue weighted by atomic mass is 15.2. The van der Waals surface area contributed by atoms with Gasteiger partial charge >= 0.3 is 0 Å². The normalized spacial score (nSPS) is 32.4. The fourth-order valence-corrected chi connectivity index (χ4v) is 2.52. The maximum absolute atomic E-state index is 5.42. The van der Waals surface area contributed by atoms with E-state index in [1.54, 1.807) is 0 Å². The summed E-state index contributed by atoms with van der Waals surface area (Å²) in [4.78, 5) is 2.61. The molecule has 1 heteroatoms. The van der Waals surface area contributed by atoms with Crippen molar-refractivity contribution < 1.29 is 0 Å². The molecular weight excluding hydrogens is 146 g/mol. The Morgan fingerprint density at radius 1 is 1.17 bits per heavy atom. The number of rotatable bonds is 1. The maximum atomic E-state index is 5.42. The van der Waals surface area contributed by atoms with E-state index in [0.29, 0.717) is 5.92 Å². The lowest BCUT2D eigenvalue weighted by Gasteiger charge is -2.22. The molecule has 12 heavy (non-hydrogen) atoms. The second-order valence-electron chi connectivity index (χ2n) is 4.09. The average Bonchev–Trinajstić information content (AvgIpc) is 2.75. The van der Waals surface area contributed by atoms with Crippen molar-refractivity contribution >= 4 is 0 Å². The lowest BCUT2D eigenvalue weighted by Crippen LogP contribution is -2.30. The smallest absolute Gasteiger partial charge is 0.0339 e. The number of terminal acetylenes is 1. The van der Waals surface area contributed by atoms with Crippen molar-refractivity contribution in [3.8, 4) is 12.3 Å². The molecule has 0 bridgehead atoms. The zero-order valence-corrected chi connectivity index (χ0v) is 7.63. The summed E-state index contributed by atoms with van der Waals surface area (Å²) >= 11 is 0. The third-order valence-electron chi connectivity index (χ3n) is 3.30. The van der Waals surface area contributed by atoms with Crippen LogP contribution in [-0.4, -0.2) is 24.0 Å². The topological polar surface area (TPSA) is 3.24 Å². The molecule has 0 unspecified atom stereocenters. The summed E-state index contributed by atoms with van der Waals surface area (Å²) in [6.07, 6.45) is 12.3. The molecule has 1 atom stereocenters. The van der Waals surface area contributed by atoms with Crippen molar-refractivity contribution in [1.82, 2.24) is 4.90 Å². The van der Waals surface area contributed by atoms with E-state index in [2.05, 4.69) is 10.8 Å². The highest BCUT2D eigenvalue weighted by Gasteiger charge is 2.28. The van der Waals surface area contributed by atoms with Gasteiger partial charge in [0, 0.05) is 18.5 Å². The SMILES string of the molecule is C#C[C@@H]1CCN(C2CCCC2)C1. The van der Waals surface area contributed by atoms with Gasteiger partial charge in [0.05, 0.1) is 0 Å². The molecule has 2 aliphatic rings. The van der Waals surface area contributed by atoms with Gasteiger partial charge in [-0.15, -0.1) is 12.3 Å². The fourth-order valence-electron chi connectivity index (χ4n) is 2.52. The van der Waals surface area contributed by atoms with Gasteiger partial charge in [-0.2, -0.15) is 0 Å². The van der Waals surface area contributed by atoms with Gasteiger partial charge in [0.1, 0.15) is 0 Å². The van der Waals surface area contributed by atoms with E-state index >= 15 is 0 Å². The van der Waals surface area contributed by atoms with E-state index in [1.165, 1.54) is 45.2 Å². The quantitative estimate of drug-likeness (QED) is 0.533. The van der Waals surface area contributed by atoms with Crippen LogP contribution in [0.25, 0.3) is 0 Å². The number of nitrogens with zero attached hydrogens (tertiary/aromatic N) is 1. The molecule has 66 valence electrons. The van der Waals surface area contributed by atoms with Crippen molar-refractivity contribution in [2.75, 3.05) is 13.1 Å². The Kier molecular flexibility index (Phi) is 2.37. The Bertz CT molecular complexity index is 186. The van der Waals surface area contributed by atoms with Crippen molar-refractivity contribution in [2.24, 2.45) is 5.92 Å². The van der Waals surface area contributed by atoms with Crippen LogP contribution in [0.2, 0.25) is 0 Å². The van der Waals surface area contributed by atoms with Gasteiger partial charge in [0.25, 0.3) is 0 Å². The van der Waals surface area contributed by atoms with Crippen LogP contribution < -0.4 is 0 Å². The molecule has 1 saturated heterocycles. The summed E-state index contributed by atoms with van der Waals surface area (Å²) in [5.41, 5.74) is 0. The molecule has 1 nitrogen and oxygen atoms in total. The van der Waals surface area contributed by atoms with E-state index in [1.807, 2.05) is 0 Å². The van der Waals surface area contributed by atoms with Crippen molar-refractivity contribution in [2.45, 2.75) is 38.1 Å². The van der Waals surface area contributed by atoms with Crippen molar-refractivity contribution in [3.63, 3.8) is 0 Å². The van der Waals surface area contributed by atoms with Crippen LogP contribution in [0, 0.1) is 18.3 Å². The van der Waals surface area contributed by atoms with E-state index < -0.39 is 0 Å². The molecular formula is C11H17N. The molecule has 0 aromatic carbocycles. The first kappa shape index (κ1) is 8.13. The van der Waals surface area contributed by atoms with Gasteiger partial charge in [-0.05, 0) is 25.8 Å². The lowest BCUT2D eigenvalue weighted by atomic mass is 10.1. The molecule has 1 aliphatic heterocycles. The monoisotopic (exact) mass is 163 g/mol. The van der Waals surface area contributed by atoms with E-state index in [0.717, 1.165) is 6.04 Å². The number of hydrogen-bond donors (Lipinski definition) is 0. The van der Waals surface area contributed by atoms with Gasteiger partial charge in [-0.25, -0.2) is 0 Å². The van der Waals surface area contributed by atoms with E-state index in [-0.39, 0.29) is 0 Å². The van der Waals surface area contributed by atoms with Gasteiger partial charge in [-0.3, -0.25) is 4.90 Å². The van der Waals surface area contributed by atoms with Gasteiger partial charge in [0.2, 0.25) is 0 Å². The Morgan fingerprint density at radius 3 is 2.50 bits per heavy atom. The second kappa shape index (κ2) is 3.49. The number of likely N-dealkylation sites (tertiary alicyclic amines) is 1. The third-order valence-corrected chi connectivity index (χ3v) is 3.30. The number of hydrogen-bond acceptors (Lipinski definition) is 1. The predicted molar refractivity (Wildman–Crippen MR) is 50.8 cm³/mol. The van der Waals surface area contributed by atoms with E-state index in [4.69, 9.17) is 6.42 Å². The van der Waals surface area contributed by atoms with Crippen LogP contribution in [0.4, 0.5) is 0 Å². The highest BCUT2D eigenvalue weighted by Crippen LogP contribution is 2.27. The average molecular weight is 163 g/mol.